The van der Waals surface area contributed by atoms with Gasteiger partial charge < -0.3 is 23.7 Å². The van der Waals surface area contributed by atoms with Crippen LogP contribution < -0.4 is 23.7 Å². The lowest BCUT2D eigenvalue weighted by atomic mass is 9.98. The van der Waals surface area contributed by atoms with Gasteiger partial charge in [0.2, 0.25) is 0 Å². The normalized spacial score (nSPS) is 10.3. The molecule has 0 aromatic heterocycles. The molecular formula is C42H34O9. The largest absolute Gasteiger partial charge is 0.464 e. The van der Waals surface area contributed by atoms with Gasteiger partial charge in [-0.15, -0.1) is 0 Å². The van der Waals surface area contributed by atoms with Crippen molar-refractivity contribution in [2.24, 2.45) is 0 Å². The molecule has 0 amide bonds. The summed E-state index contributed by atoms with van der Waals surface area (Å²) < 4.78 is 27.2. The van der Waals surface area contributed by atoms with Crippen LogP contribution in [0.1, 0.15) is 25.0 Å². The molecule has 51 heavy (non-hydrogen) atoms. The fourth-order valence-corrected chi connectivity index (χ4v) is 4.43. The van der Waals surface area contributed by atoms with Crippen LogP contribution in [-0.2, 0) is 19.2 Å². The van der Waals surface area contributed by atoms with Crippen LogP contribution in [0.25, 0.3) is 34.4 Å². The average Bonchev–Trinajstić information content (AvgIpc) is 3.14. The number of hydrogen-bond donors (Lipinski definition) is 0. The number of allylic oxidation sites excluding steroid dienone is 1. The average molecular weight is 683 g/mol. The van der Waals surface area contributed by atoms with Gasteiger partial charge in [0.15, 0.2) is 23.0 Å². The highest BCUT2D eigenvalue weighted by Crippen LogP contribution is 2.38. The van der Waals surface area contributed by atoms with Gasteiger partial charge >= 0.3 is 23.9 Å². The van der Waals surface area contributed by atoms with Gasteiger partial charge in [-0.25, -0.2) is 19.2 Å². The first kappa shape index (κ1) is 36.8. The maximum absolute atomic E-state index is 12.0. The van der Waals surface area contributed by atoms with Gasteiger partial charge in [-0.1, -0.05) is 87.0 Å². The third-order valence-corrected chi connectivity index (χ3v) is 6.85. The van der Waals surface area contributed by atoms with Gasteiger partial charge in [-0.05, 0) is 77.6 Å². The van der Waals surface area contributed by atoms with E-state index in [1.165, 1.54) is 12.1 Å². The maximum Gasteiger partial charge on any atom is 0.335 e. The van der Waals surface area contributed by atoms with E-state index in [9.17, 15) is 19.2 Å². The number of carbonyl (C=O) groups is 4. The Kier molecular flexibility index (Phi) is 12.6. The van der Waals surface area contributed by atoms with Crippen molar-refractivity contribution in [3.8, 4) is 51.0 Å². The summed E-state index contributed by atoms with van der Waals surface area (Å²) in [4.78, 5) is 47.5. The Bertz CT molecular complexity index is 2080. The molecule has 0 fully saturated rings. The van der Waals surface area contributed by atoms with Crippen LogP contribution in [0, 0.1) is 0 Å². The van der Waals surface area contributed by atoms with E-state index in [-0.39, 0.29) is 23.0 Å². The molecule has 9 heteroatoms. The van der Waals surface area contributed by atoms with E-state index in [1.54, 1.807) is 30.5 Å². The lowest BCUT2D eigenvalue weighted by Gasteiger charge is -2.14. The van der Waals surface area contributed by atoms with Gasteiger partial charge in [-0.2, -0.15) is 0 Å². The van der Waals surface area contributed by atoms with Gasteiger partial charge in [0.25, 0.3) is 0 Å². The zero-order valence-corrected chi connectivity index (χ0v) is 28.0. The summed E-state index contributed by atoms with van der Waals surface area (Å²) in [5.74, 6) is -2.04. The Morgan fingerprint density at radius 2 is 0.882 bits per heavy atom. The lowest BCUT2D eigenvalue weighted by molar-refractivity contribution is -0.131. The molecule has 0 heterocycles. The third-order valence-electron chi connectivity index (χ3n) is 6.85. The highest BCUT2D eigenvalue weighted by Gasteiger charge is 2.16. The van der Waals surface area contributed by atoms with Crippen molar-refractivity contribution in [2.75, 3.05) is 0 Å². The molecule has 4 aromatic rings. The van der Waals surface area contributed by atoms with Gasteiger partial charge in [0, 0.05) is 29.9 Å². The molecule has 4 aromatic carbocycles. The number of carbonyl (C=O) groups excluding carboxylic acids is 4. The summed E-state index contributed by atoms with van der Waals surface area (Å²) in [6.07, 6.45) is 9.38. The first-order chi connectivity index (χ1) is 24.5. The van der Waals surface area contributed by atoms with Crippen molar-refractivity contribution < 1.29 is 42.9 Å². The molecule has 0 atom stereocenters. The predicted octanol–water partition coefficient (Wildman–Crippen LogP) is 8.86. The summed E-state index contributed by atoms with van der Waals surface area (Å²) >= 11 is 0. The maximum atomic E-state index is 12.0. The molecule has 256 valence electrons. The molecule has 9 nitrogen and oxygen atoms in total. The van der Waals surface area contributed by atoms with E-state index in [0.29, 0.717) is 16.9 Å². The second-order valence-electron chi connectivity index (χ2n) is 10.8. The molecule has 0 bridgehead atoms. The second-order valence-corrected chi connectivity index (χ2v) is 10.8. The Balaban J connectivity index is 1.64. The molecule has 0 aliphatic rings. The SMILES string of the molecule is C=CC(=O)Oc1ccc(/C=C/c2ccc(-c3ccc(-c4ccc(OC(=O)C=C)c(OC(=O)C=C)c4)cc3OC=C(C)C)cc2)cc1OC(=O)C=C. The third kappa shape index (κ3) is 10.2. The quantitative estimate of drug-likeness (QED) is 0.0423. The number of hydrogen-bond acceptors (Lipinski definition) is 9. The van der Waals surface area contributed by atoms with E-state index in [2.05, 4.69) is 26.3 Å². The van der Waals surface area contributed by atoms with Crippen molar-refractivity contribution in [3.05, 3.63) is 152 Å². The van der Waals surface area contributed by atoms with Crippen molar-refractivity contribution in [1.29, 1.82) is 0 Å². The minimum Gasteiger partial charge on any atom is -0.464 e. The molecule has 4 rings (SSSR count). The Hall–Kier alpha value is -7.00. The smallest absolute Gasteiger partial charge is 0.335 e. The zero-order chi connectivity index (χ0) is 36.9. The van der Waals surface area contributed by atoms with Crippen LogP contribution in [0.3, 0.4) is 0 Å². The van der Waals surface area contributed by atoms with Crippen LogP contribution in [0.4, 0.5) is 0 Å². The summed E-state index contributed by atoms with van der Waals surface area (Å²) in [5.41, 5.74) is 5.64. The van der Waals surface area contributed by atoms with Gasteiger partial charge in [-0.3, -0.25) is 0 Å². The van der Waals surface area contributed by atoms with E-state index in [0.717, 1.165) is 52.1 Å². The van der Waals surface area contributed by atoms with E-state index in [4.69, 9.17) is 23.7 Å². The van der Waals surface area contributed by atoms with E-state index >= 15 is 0 Å². The number of esters is 4. The minimum absolute atomic E-state index is 0.0353. The fourth-order valence-electron chi connectivity index (χ4n) is 4.43. The van der Waals surface area contributed by atoms with E-state index in [1.807, 2.05) is 68.5 Å². The molecule has 0 saturated carbocycles. The van der Waals surface area contributed by atoms with Crippen molar-refractivity contribution in [3.63, 3.8) is 0 Å². The topological polar surface area (TPSA) is 114 Å². The van der Waals surface area contributed by atoms with Crippen LogP contribution in [0.15, 0.2) is 141 Å². The van der Waals surface area contributed by atoms with Crippen LogP contribution in [0.2, 0.25) is 0 Å². The Morgan fingerprint density at radius 3 is 1.41 bits per heavy atom. The van der Waals surface area contributed by atoms with E-state index < -0.39 is 23.9 Å². The molecular weight excluding hydrogens is 648 g/mol. The molecule has 0 aliphatic heterocycles. The summed E-state index contributed by atoms with van der Waals surface area (Å²) in [5, 5.41) is 0. The first-order valence-corrected chi connectivity index (χ1v) is 15.4. The number of ether oxygens (including phenoxy) is 5. The second kappa shape index (κ2) is 17.4. The Labute approximate surface area is 295 Å². The molecule has 0 saturated heterocycles. The van der Waals surface area contributed by atoms with Gasteiger partial charge in [0.05, 0.1) is 6.26 Å². The summed E-state index contributed by atoms with van der Waals surface area (Å²) in [7, 11) is 0. The van der Waals surface area contributed by atoms with Crippen LogP contribution in [-0.4, -0.2) is 23.9 Å². The fraction of sp³-hybridized carbons (Fsp3) is 0.0476. The van der Waals surface area contributed by atoms with Crippen LogP contribution >= 0.6 is 0 Å². The molecule has 0 spiro atoms. The zero-order valence-electron chi connectivity index (χ0n) is 28.0. The molecule has 0 N–H and O–H groups in total. The highest BCUT2D eigenvalue weighted by atomic mass is 16.6. The Morgan fingerprint density at radius 1 is 0.471 bits per heavy atom. The number of rotatable bonds is 14. The molecule has 0 aliphatic carbocycles. The van der Waals surface area contributed by atoms with Crippen molar-refractivity contribution in [2.45, 2.75) is 13.8 Å². The van der Waals surface area contributed by atoms with Crippen molar-refractivity contribution >= 4 is 36.0 Å². The minimum atomic E-state index is -0.715. The summed E-state index contributed by atoms with van der Waals surface area (Å²) in [6.45, 7) is 17.5. The lowest BCUT2D eigenvalue weighted by Crippen LogP contribution is -2.08. The monoisotopic (exact) mass is 682 g/mol. The van der Waals surface area contributed by atoms with Crippen LogP contribution in [0.5, 0.6) is 28.7 Å². The predicted molar refractivity (Wildman–Crippen MR) is 196 cm³/mol. The number of benzene rings is 4. The van der Waals surface area contributed by atoms with Crippen molar-refractivity contribution in [1.82, 2.24) is 0 Å². The summed E-state index contributed by atoms with van der Waals surface area (Å²) in [6, 6.07) is 23.1. The molecule has 0 unspecified atom stereocenters. The van der Waals surface area contributed by atoms with Gasteiger partial charge in [0.1, 0.15) is 5.75 Å². The first-order valence-electron chi connectivity index (χ1n) is 15.4. The highest BCUT2D eigenvalue weighted by molar-refractivity contribution is 5.88. The molecule has 0 radical (unpaired) electrons. The standard InChI is InChI=1S/C42H34O9/c1-7-39(43)48-34-21-15-29(23-37(34)50-41(45)9-3)12-11-28-13-16-30(17-14-28)33-20-18-31(24-36(33)47-26-27(5)6)32-19-22-35(49-40(44)8-2)38(25-32)51-42(46)10-4/h7-26H,1-4H2,5-6H3/b12-11+.